The fraction of sp³-hybridized carbons (Fsp3) is 0. The highest BCUT2D eigenvalue weighted by Crippen LogP contribution is 2.49. The van der Waals surface area contributed by atoms with Crippen LogP contribution < -0.4 is 4.90 Å². The van der Waals surface area contributed by atoms with Crippen LogP contribution in [0.1, 0.15) is 0 Å². The lowest BCUT2D eigenvalue weighted by atomic mass is 9.94. The quantitative estimate of drug-likeness (QED) is 0.153. The summed E-state index contributed by atoms with van der Waals surface area (Å²) in [4.78, 5) is 2.43. The molecule has 0 aliphatic heterocycles. The van der Waals surface area contributed by atoms with Crippen molar-refractivity contribution in [3.05, 3.63) is 237 Å². The van der Waals surface area contributed by atoms with Gasteiger partial charge in [-0.15, -0.1) is 0 Å². The lowest BCUT2D eigenvalue weighted by Crippen LogP contribution is -2.12. The number of furan rings is 1. The summed E-state index contributed by atoms with van der Waals surface area (Å²) in [5.41, 5.74) is 16.4. The lowest BCUT2D eigenvalue weighted by Gasteiger charge is -2.29. The average Bonchev–Trinajstić information content (AvgIpc) is 3.73. The molecule has 11 rings (SSSR count). The maximum Gasteiger partial charge on any atom is 0.145 e. The van der Waals surface area contributed by atoms with Crippen LogP contribution in [0.25, 0.3) is 88.3 Å². The van der Waals surface area contributed by atoms with Crippen molar-refractivity contribution in [3.8, 4) is 55.6 Å². The van der Waals surface area contributed by atoms with Gasteiger partial charge in [-0.05, 0) is 110 Å². The summed E-state index contributed by atoms with van der Waals surface area (Å²) in [6.45, 7) is 0. The molecule has 0 amide bonds. The molecule has 0 spiro atoms. The van der Waals surface area contributed by atoms with E-state index >= 15 is 0 Å². The van der Waals surface area contributed by atoms with Crippen LogP contribution in [0.4, 0.5) is 17.1 Å². The van der Waals surface area contributed by atoms with Gasteiger partial charge < -0.3 is 9.32 Å². The van der Waals surface area contributed by atoms with E-state index < -0.39 is 0 Å². The van der Waals surface area contributed by atoms with Gasteiger partial charge in [-0.25, -0.2) is 0 Å². The minimum Gasteiger partial charge on any atom is -0.455 e. The Kier molecular flexibility index (Phi) is 8.87. The molecule has 1 heterocycles. The Bertz CT molecular complexity index is 3290. The zero-order valence-electron chi connectivity index (χ0n) is 32.9. The van der Waals surface area contributed by atoms with Crippen molar-refractivity contribution in [3.63, 3.8) is 0 Å². The maximum absolute atomic E-state index is 6.90. The first kappa shape index (κ1) is 35.2. The van der Waals surface area contributed by atoms with Gasteiger partial charge in [0.25, 0.3) is 0 Å². The Hall–Kier alpha value is -7.94. The van der Waals surface area contributed by atoms with Crippen molar-refractivity contribution in [2.75, 3.05) is 4.90 Å². The third-order valence-corrected chi connectivity index (χ3v) is 11.7. The Labute approximate surface area is 349 Å². The third kappa shape index (κ3) is 6.41. The fourth-order valence-corrected chi connectivity index (χ4v) is 8.69. The number of nitrogens with zero attached hydrogens (tertiary/aromatic N) is 1. The Balaban J connectivity index is 1.14. The molecule has 0 radical (unpaired) electrons. The van der Waals surface area contributed by atoms with Crippen LogP contribution in [0.3, 0.4) is 0 Å². The number of rotatable bonds is 8. The molecule has 11 aromatic rings. The van der Waals surface area contributed by atoms with E-state index in [1.54, 1.807) is 0 Å². The van der Waals surface area contributed by atoms with Gasteiger partial charge >= 0.3 is 0 Å². The van der Waals surface area contributed by atoms with Crippen molar-refractivity contribution in [1.82, 2.24) is 0 Å². The van der Waals surface area contributed by atoms with E-state index in [0.717, 1.165) is 72.4 Å². The maximum atomic E-state index is 6.90. The molecule has 60 heavy (non-hydrogen) atoms. The predicted octanol–water partition coefficient (Wildman–Crippen LogP) is 16.5. The van der Waals surface area contributed by atoms with E-state index in [4.69, 9.17) is 4.42 Å². The zero-order chi connectivity index (χ0) is 39.8. The molecular weight excluding hydrogens is 727 g/mol. The van der Waals surface area contributed by atoms with Crippen LogP contribution in [-0.4, -0.2) is 0 Å². The second kappa shape index (κ2) is 15.1. The van der Waals surface area contributed by atoms with E-state index in [0.29, 0.717) is 0 Å². The summed E-state index contributed by atoms with van der Waals surface area (Å²) >= 11 is 0. The molecule has 0 atom stereocenters. The van der Waals surface area contributed by atoms with Gasteiger partial charge in [0.05, 0.1) is 16.8 Å². The largest absolute Gasteiger partial charge is 0.455 e. The smallest absolute Gasteiger partial charge is 0.145 e. The number of hydrogen-bond donors (Lipinski definition) is 0. The van der Waals surface area contributed by atoms with Gasteiger partial charge in [0.1, 0.15) is 11.2 Å². The Morgan fingerprint density at radius 1 is 0.300 bits per heavy atom. The number of para-hydroxylation sites is 1. The molecule has 0 unspecified atom stereocenters. The number of hydrogen-bond acceptors (Lipinski definition) is 2. The highest BCUT2D eigenvalue weighted by molar-refractivity contribution is 6.17. The molecule has 2 heteroatoms. The van der Waals surface area contributed by atoms with E-state index in [9.17, 15) is 0 Å². The fourth-order valence-electron chi connectivity index (χ4n) is 8.69. The summed E-state index contributed by atoms with van der Waals surface area (Å²) < 4.78 is 6.90. The molecule has 0 N–H and O–H groups in total. The normalized spacial score (nSPS) is 11.3. The molecule has 282 valence electrons. The molecule has 1 aromatic heterocycles. The van der Waals surface area contributed by atoms with Crippen molar-refractivity contribution < 1.29 is 4.42 Å². The molecule has 0 aliphatic rings. The van der Waals surface area contributed by atoms with Gasteiger partial charge in [-0.3, -0.25) is 0 Å². The first-order chi connectivity index (χ1) is 29.7. The third-order valence-electron chi connectivity index (χ3n) is 11.7. The minimum absolute atomic E-state index is 0.860. The average molecular weight is 766 g/mol. The Morgan fingerprint density at radius 3 is 1.55 bits per heavy atom. The highest BCUT2D eigenvalue weighted by Gasteiger charge is 2.24. The van der Waals surface area contributed by atoms with Gasteiger partial charge in [-0.1, -0.05) is 182 Å². The molecule has 0 saturated heterocycles. The van der Waals surface area contributed by atoms with Crippen molar-refractivity contribution >= 4 is 49.8 Å². The molecule has 0 saturated carbocycles. The summed E-state index contributed by atoms with van der Waals surface area (Å²) in [6, 6.07) is 84.8. The first-order valence-electron chi connectivity index (χ1n) is 20.5. The lowest BCUT2D eigenvalue weighted by molar-refractivity contribution is 0.670. The van der Waals surface area contributed by atoms with Crippen LogP contribution in [0.15, 0.2) is 241 Å². The summed E-state index contributed by atoms with van der Waals surface area (Å²) in [6.07, 6.45) is 0. The molecule has 2 nitrogen and oxygen atoms in total. The topological polar surface area (TPSA) is 16.4 Å². The van der Waals surface area contributed by atoms with Gasteiger partial charge in [0.15, 0.2) is 0 Å². The zero-order valence-corrected chi connectivity index (χ0v) is 32.9. The van der Waals surface area contributed by atoms with E-state index in [2.05, 4.69) is 241 Å². The van der Waals surface area contributed by atoms with Gasteiger partial charge in [0, 0.05) is 22.2 Å². The van der Waals surface area contributed by atoms with Crippen LogP contribution in [0, 0.1) is 0 Å². The molecular formula is C58H39NO. The number of fused-ring (bicyclic) bond motifs is 4. The molecule has 10 aromatic carbocycles. The number of anilines is 3. The second-order valence-corrected chi connectivity index (χ2v) is 15.3. The standard InChI is InChI=1S/C58H39NO/c1-4-15-40(16-5-1)46-23-14-24-47(37-46)43-29-32-50(33-30-43)59(54-35-31-48(41-17-6-2-7-18-41)39-53(54)44-20-8-3-9-21-44)55-36-34-51(49-28-27-42-19-10-11-22-45(42)38-49)58-57(55)52-25-12-13-26-56(52)60-58/h1-39H. The first-order valence-corrected chi connectivity index (χ1v) is 20.5. The van der Waals surface area contributed by atoms with E-state index in [1.165, 1.54) is 33.0 Å². The van der Waals surface area contributed by atoms with Gasteiger partial charge in [0.2, 0.25) is 0 Å². The molecule has 0 bridgehead atoms. The molecule has 0 fully saturated rings. The van der Waals surface area contributed by atoms with Crippen molar-refractivity contribution in [1.29, 1.82) is 0 Å². The van der Waals surface area contributed by atoms with Crippen molar-refractivity contribution in [2.45, 2.75) is 0 Å². The monoisotopic (exact) mass is 765 g/mol. The predicted molar refractivity (Wildman–Crippen MR) is 253 cm³/mol. The number of benzene rings is 10. The summed E-state index contributed by atoms with van der Waals surface area (Å²) in [7, 11) is 0. The van der Waals surface area contributed by atoms with Crippen molar-refractivity contribution in [2.24, 2.45) is 0 Å². The summed E-state index contributed by atoms with van der Waals surface area (Å²) in [5.74, 6) is 0. The van der Waals surface area contributed by atoms with Crippen LogP contribution in [0.2, 0.25) is 0 Å². The van der Waals surface area contributed by atoms with E-state index in [1.807, 2.05) is 0 Å². The summed E-state index contributed by atoms with van der Waals surface area (Å²) in [5, 5.41) is 4.56. The SMILES string of the molecule is c1ccc(-c2cccc(-c3ccc(N(c4ccc(-c5ccccc5)cc4-c4ccccc4)c4ccc(-c5ccc6ccccc6c5)c5oc6ccccc6c45)cc3)c2)cc1. The van der Waals surface area contributed by atoms with Crippen LogP contribution >= 0.6 is 0 Å². The van der Waals surface area contributed by atoms with Crippen LogP contribution in [0.5, 0.6) is 0 Å². The second-order valence-electron chi connectivity index (χ2n) is 15.3. The van der Waals surface area contributed by atoms with E-state index in [-0.39, 0.29) is 0 Å². The molecule has 0 aliphatic carbocycles. The van der Waals surface area contributed by atoms with Gasteiger partial charge in [-0.2, -0.15) is 0 Å². The highest BCUT2D eigenvalue weighted by atomic mass is 16.3. The minimum atomic E-state index is 0.860. The van der Waals surface area contributed by atoms with Crippen LogP contribution in [-0.2, 0) is 0 Å². The Morgan fingerprint density at radius 2 is 0.833 bits per heavy atom.